The Balaban J connectivity index is 2.14. The van der Waals surface area contributed by atoms with Gasteiger partial charge < -0.3 is 14.6 Å². The van der Waals surface area contributed by atoms with E-state index in [2.05, 4.69) is 26.8 Å². The van der Waals surface area contributed by atoms with Crippen LogP contribution in [0.3, 0.4) is 0 Å². The number of allylic oxidation sites excluding steroid dienone is 2. The highest BCUT2D eigenvalue weighted by Gasteiger charge is 2.21. The molecule has 1 aliphatic heterocycles. The van der Waals surface area contributed by atoms with Crippen molar-refractivity contribution >= 4 is 0 Å². The van der Waals surface area contributed by atoms with Gasteiger partial charge in [-0.2, -0.15) is 0 Å². The fourth-order valence-corrected chi connectivity index (χ4v) is 1.77. The Hall–Kier alpha value is -0.380. The predicted molar refractivity (Wildman–Crippen MR) is 64.1 cm³/mol. The van der Waals surface area contributed by atoms with Gasteiger partial charge in [-0.3, -0.25) is 0 Å². The van der Waals surface area contributed by atoms with Gasteiger partial charge in [0.15, 0.2) is 6.29 Å². The fraction of sp³-hybridized carbons (Fsp3) is 0.846. The Bertz CT molecular complexity index is 213. The average Bonchev–Trinajstić information content (AvgIpc) is 2.21. The molecular formula is C13H24O3. The maximum absolute atomic E-state index is 9.21. The quantitative estimate of drug-likeness (QED) is 0.735. The van der Waals surface area contributed by atoms with Crippen molar-refractivity contribution < 1.29 is 14.6 Å². The van der Waals surface area contributed by atoms with Crippen LogP contribution in [0.4, 0.5) is 0 Å². The second kappa shape index (κ2) is 7.05. The van der Waals surface area contributed by atoms with E-state index in [1.807, 2.05) is 0 Å². The SMILES string of the molecule is CC(C)=CCC[C@H](C)CC1OCC(O)CO1. The number of aliphatic hydroxyl groups excluding tert-OH is 1. The van der Waals surface area contributed by atoms with E-state index in [0.29, 0.717) is 19.1 Å². The first-order valence-electron chi connectivity index (χ1n) is 6.12. The number of ether oxygens (including phenoxy) is 2. The van der Waals surface area contributed by atoms with E-state index in [4.69, 9.17) is 9.47 Å². The first-order chi connectivity index (χ1) is 7.58. The van der Waals surface area contributed by atoms with Crippen LogP contribution < -0.4 is 0 Å². The second-order valence-corrected chi connectivity index (χ2v) is 4.95. The largest absolute Gasteiger partial charge is 0.388 e. The summed E-state index contributed by atoms with van der Waals surface area (Å²) in [5.41, 5.74) is 1.38. The van der Waals surface area contributed by atoms with E-state index < -0.39 is 6.10 Å². The zero-order valence-electron chi connectivity index (χ0n) is 10.6. The molecule has 0 radical (unpaired) electrons. The van der Waals surface area contributed by atoms with Crippen molar-refractivity contribution in [2.24, 2.45) is 5.92 Å². The minimum atomic E-state index is -0.447. The number of rotatable bonds is 5. The fourth-order valence-electron chi connectivity index (χ4n) is 1.77. The summed E-state index contributed by atoms with van der Waals surface area (Å²) in [7, 11) is 0. The van der Waals surface area contributed by atoms with Gasteiger partial charge in [-0.25, -0.2) is 0 Å². The Labute approximate surface area is 98.4 Å². The van der Waals surface area contributed by atoms with Crippen molar-refractivity contribution in [1.82, 2.24) is 0 Å². The second-order valence-electron chi connectivity index (χ2n) is 4.95. The molecule has 1 heterocycles. The lowest BCUT2D eigenvalue weighted by molar-refractivity contribution is -0.222. The number of hydrogen-bond acceptors (Lipinski definition) is 3. The van der Waals surface area contributed by atoms with Gasteiger partial charge in [-0.1, -0.05) is 18.6 Å². The maximum atomic E-state index is 9.21. The first kappa shape index (κ1) is 13.7. The summed E-state index contributed by atoms with van der Waals surface area (Å²) in [6.07, 6.45) is 4.91. The van der Waals surface area contributed by atoms with Gasteiger partial charge >= 0.3 is 0 Å². The Morgan fingerprint density at radius 1 is 1.38 bits per heavy atom. The van der Waals surface area contributed by atoms with Gasteiger partial charge in [0.25, 0.3) is 0 Å². The van der Waals surface area contributed by atoms with Gasteiger partial charge in [0.05, 0.1) is 13.2 Å². The van der Waals surface area contributed by atoms with Crippen LogP contribution in [0, 0.1) is 5.92 Å². The maximum Gasteiger partial charge on any atom is 0.158 e. The lowest BCUT2D eigenvalue weighted by Gasteiger charge is -2.28. The predicted octanol–water partition coefficient (Wildman–Crippen LogP) is 2.49. The molecule has 3 heteroatoms. The molecule has 3 nitrogen and oxygen atoms in total. The molecule has 1 fully saturated rings. The molecule has 0 amide bonds. The summed E-state index contributed by atoms with van der Waals surface area (Å²) in [6, 6.07) is 0. The molecule has 94 valence electrons. The van der Waals surface area contributed by atoms with Crippen molar-refractivity contribution in [3.05, 3.63) is 11.6 Å². The standard InChI is InChI=1S/C13H24O3/c1-10(2)5-4-6-11(3)7-13-15-8-12(14)9-16-13/h5,11-14H,4,6-9H2,1-3H3/t11-,12?,13?/m0/s1. The minimum absolute atomic E-state index is 0.120. The molecule has 16 heavy (non-hydrogen) atoms. The number of hydrogen-bond donors (Lipinski definition) is 1. The van der Waals surface area contributed by atoms with Gasteiger partial charge in [0, 0.05) is 6.42 Å². The third kappa shape index (κ3) is 5.64. The molecule has 1 N–H and O–H groups in total. The number of aliphatic hydroxyl groups is 1. The summed E-state index contributed by atoms with van der Waals surface area (Å²) in [6.45, 7) is 7.28. The molecule has 0 aromatic carbocycles. The lowest BCUT2D eigenvalue weighted by Crippen LogP contribution is -2.36. The molecule has 0 aliphatic carbocycles. The molecule has 1 saturated heterocycles. The Kier molecular flexibility index (Phi) is 6.03. The van der Waals surface area contributed by atoms with E-state index in [0.717, 1.165) is 19.3 Å². The zero-order chi connectivity index (χ0) is 12.0. The normalized spacial score (nSPS) is 27.5. The van der Waals surface area contributed by atoms with Gasteiger partial charge in [0.2, 0.25) is 0 Å². The van der Waals surface area contributed by atoms with E-state index >= 15 is 0 Å². The summed E-state index contributed by atoms with van der Waals surface area (Å²) < 4.78 is 10.8. The monoisotopic (exact) mass is 228 g/mol. The van der Waals surface area contributed by atoms with Crippen molar-refractivity contribution in [3.63, 3.8) is 0 Å². The molecule has 1 aliphatic rings. The molecule has 0 spiro atoms. The first-order valence-corrected chi connectivity index (χ1v) is 6.12. The molecule has 1 atom stereocenters. The minimum Gasteiger partial charge on any atom is -0.388 e. The molecular weight excluding hydrogens is 204 g/mol. The smallest absolute Gasteiger partial charge is 0.158 e. The van der Waals surface area contributed by atoms with Crippen LogP contribution in [-0.2, 0) is 9.47 Å². The molecule has 0 saturated carbocycles. The molecule has 1 rings (SSSR count). The van der Waals surface area contributed by atoms with Crippen molar-refractivity contribution in [2.75, 3.05) is 13.2 Å². The van der Waals surface area contributed by atoms with Crippen LogP contribution in [0.25, 0.3) is 0 Å². The van der Waals surface area contributed by atoms with Crippen molar-refractivity contribution in [2.45, 2.75) is 52.4 Å². The zero-order valence-corrected chi connectivity index (χ0v) is 10.6. The van der Waals surface area contributed by atoms with Crippen molar-refractivity contribution in [3.8, 4) is 0 Å². The van der Waals surface area contributed by atoms with E-state index in [1.165, 1.54) is 5.57 Å². The highest BCUT2D eigenvalue weighted by atomic mass is 16.7. The van der Waals surface area contributed by atoms with Gasteiger partial charge in [-0.05, 0) is 32.6 Å². The summed E-state index contributed by atoms with van der Waals surface area (Å²) in [4.78, 5) is 0. The molecule has 0 aromatic heterocycles. The topological polar surface area (TPSA) is 38.7 Å². The highest BCUT2D eigenvalue weighted by molar-refractivity contribution is 4.92. The third-order valence-corrected chi connectivity index (χ3v) is 2.76. The van der Waals surface area contributed by atoms with Crippen LogP contribution in [0.15, 0.2) is 11.6 Å². The van der Waals surface area contributed by atoms with Crippen LogP contribution >= 0.6 is 0 Å². The Morgan fingerprint density at radius 3 is 2.56 bits per heavy atom. The summed E-state index contributed by atoms with van der Waals surface area (Å²) >= 11 is 0. The third-order valence-electron chi connectivity index (χ3n) is 2.76. The summed E-state index contributed by atoms with van der Waals surface area (Å²) in [5, 5.41) is 9.21. The van der Waals surface area contributed by atoms with Crippen molar-refractivity contribution in [1.29, 1.82) is 0 Å². The lowest BCUT2D eigenvalue weighted by atomic mass is 10.0. The van der Waals surface area contributed by atoms with Crippen LogP contribution in [0.1, 0.15) is 40.0 Å². The Morgan fingerprint density at radius 2 is 2.00 bits per heavy atom. The van der Waals surface area contributed by atoms with E-state index in [9.17, 15) is 5.11 Å². The molecule has 0 bridgehead atoms. The molecule has 0 aromatic rings. The van der Waals surface area contributed by atoms with E-state index in [-0.39, 0.29) is 6.29 Å². The summed E-state index contributed by atoms with van der Waals surface area (Å²) in [5.74, 6) is 0.593. The highest BCUT2D eigenvalue weighted by Crippen LogP contribution is 2.19. The van der Waals surface area contributed by atoms with Gasteiger partial charge in [-0.15, -0.1) is 0 Å². The van der Waals surface area contributed by atoms with E-state index in [1.54, 1.807) is 0 Å². The molecule has 0 unspecified atom stereocenters. The van der Waals surface area contributed by atoms with Crippen LogP contribution in [0.2, 0.25) is 0 Å². The average molecular weight is 228 g/mol. The van der Waals surface area contributed by atoms with Crippen LogP contribution in [-0.4, -0.2) is 30.7 Å². The van der Waals surface area contributed by atoms with Crippen LogP contribution in [0.5, 0.6) is 0 Å². The van der Waals surface area contributed by atoms with Gasteiger partial charge in [0.1, 0.15) is 6.10 Å².